The Morgan fingerprint density at radius 2 is 2.00 bits per heavy atom. The Balaban J connectivity index is 1.98. The molecule has 3 nitrogen and oxygen atoms in total. The molecule has 1 aliphatic rings. The lowest BCUT2D eigenvalue weighted by Gasteiger charge is -2.30. The molecule has 1 unspecified atom stereocenters. The predicted molar refractivity (Wildman–Crippen MR) is 89.5 cm³/mol. The highest BCUT2D eigenvalue weighted by molar-refractivity contribution is 5.03. The number of hydrogen-bond acceptors (Lipinski definition) is 2. The van der Waals surface area contributed by atoms with E-state index < -0.39 is 0 Å². The van der Waals surface area contributed by atoms with E-state index in [0.717, 1.165) is 19.5 Å². The molecule has 120 valence electrons. The molecule has 0 radical (unpaired) electrons. The van der Waals surface area contributed by atoms with E-state index in [9.17, 15) is 0 Å². The summed E-state index contributed by atoms with van der Waals surface area (Å²) in [5.41, 5.74) is 1.58. The normalized spacial score (nSPS) is 18.9. The first-order valence-electron chi connectivity index (χ1n) is 8.75. The summed E-state index contributed by atoms with van der Waals surface area (Å²) >= 11 is 0. The summed E-state index contributed by atoms with van der Waals surface area (Å²) in [6.07, 6.45) is 10.0. The second-order valence-electron chi connectivity index (χ2n) is 7.65. The Morgan fingerprint density at radius 1 is 1.29 bits per heavy atom. The minimum absolute atomic E-state index is 0.316. The van der Waals surface area contributed by atoms with E-state index >= 15 is 0 Å². The van der Waals surface area contributed by atoms with E-state index in [1.54, 1.807) is 0 Å². The average Bonchev–Trinajstić information content (AvgIpc) is 2.92. The number of nitrogens with zero attached hydrogens (tertiary/aromatic N) is 2. The first kappa shape index (κ1) is 16.5. The third-order valence-corrected chi connectivity index (χ3v) is 4.93. The van der Waals surface area contributed by atoms with Gasteiger partial charge in [-0.15, -0.1) is 0 Å². The molecular weight excluding hydrogens is 258 g/mol. The molecule has 2 rings (SSSR count). The van der Waals surface area contributed by atoms with Gasteiger partial charge in [0.1, 0.15) is 0 Å². The molecule has 0 spiro atoms. The molecule has 0 aliphatic heterocycles. The molecule has 1 aliphatic carbocycles. The zero-order chi connectivity index (χ0) is 15.3. The van der Waals surface area contributed by atoms with Crippen LogP contribution in [0.1, 0.15) is 71.5 Å². The molecular formula is C18H33N3. The Bertz CT molecular complexity index is 410. The maximum atomic E-state index is 4.88. The smallest absolute Gasteiger partial charge is 0.0628 e. The van der Waals surface area contributed by atoms with Crippen molar-refractivity contribution in [2.24, 2.45) is 11.3 Å². The molecule has 1 heterocycles. The van der Waals surface area contributed by atoms with Crippen LogP contribution in [0.3, 0.4) is 0 Å². The van der Waals surface area contributed by atoms with E-state index in [4.69, 9.17) is 5.10 Å². The van der Waals surface area contributed by atoms with E-state index in [-0.39, 0.29) is 0 Å². The van der Waals surface area contributed by atoms with Crippen LogP contribution in [-0.4, -0.2) is 22.9 Å². The fourth-order valence-electron chi connectivity index (χ4n) is 3.29. The average molecular weight is 291 g/mol. The number of aromatic nitrogens is 2. The third-order valence-electron chi connectivity index (χ3n) is 4.93. The van der Waals surface area contributed by atoms with Crippen LogP contribution in [0.4, 0.5) is 0 Å². The summed E-state index contributed by atoms with van der Waals surface area (Å²) in [6, 6.07) is 2.88. The third kappa shape index (κ3) is 4.84. The predicted octanol–water partition coefficient (Wildman–Crippen LogP) is 4.20. The number of rotatable bonds is 6. The van der Waals surface area contributed by atoms with Crippen LogP contribution in [0, 0.1) is 11.3 Å². The Morgan fingerprint density at radius 3 is 2.62 bits per heavy atom. The molecule has 0 aromatic carbocycles. The molecule has 1 aromatic rings. The Kier molecular flexibility index (Phi) is 5.86. The first-order chi connectivity index (χ1) is 10.0. The summed E-state index contributed by atoms with van der Waals surface area (Å²) in [5.74, 6) is 0.632. The van der Waals surface area contributed by atoms with Gasteiger partial charge < -0.3 is 5.32 Å². The Hall–Kier alpha value is -0.830. The van der Waals surface area contributed by atoms with Crippen molar-refractivity contribution in [2.45, 2.75) is 72.3 Å². The lowest BCUT2D eigenvalue weighted by molar-refractivity contribution is 0.229. The van der Waals surface area contributed by atoms with Gasteiger partial charge in [0, 0.05) is 6.20 Å². The van der Waals surface area contributed by atoms with Crippen molar-refractivity contribution in [1.29, 1.82) is 0 Å². The van der Waals surface area contributed by atoms with Gasteiger partial charge in [0.05, 0.1) is 11.7 Å². The van der Waals surface area contributed by atoms with Crippen molar-refractivity contribution < 1.29 is 0 Å². The van der Waals surface area contributed by atoms with Crippen molar-refractivity contribution in [3.63, 3.8) is 0 Å². The fourth-order valence-corrected chi connectivity index (χ4v) is 3.29. The van der Waals surface area contributed by atoms with Crippen LogP contribution < -0.4 is 5.32 Å². The minimum Gasteiger partial charge on any atom is -0.317 e. The maximum absolute atomic E-state index is 4.88. The van der Waals surface area contributed by atoms with Gasteiger partial charge in [-0.25, -0.2) is 0 Å². The molecule has 3 heteroatoms. The molecule has 1 atom stereocenters. The van der Waals surface area contributed by atoms with Gasteiger partial charge in [-0.1, -0.05) is 47.0 Å². The molecule has 0 saturated heterocycles. The quantitative estimate of drug-likeness (QED) is 0.851. The molecule has 1 aromatic heterocycles. The van der Waals surface area contributed by atoms with Crippen LogP contribution in [0.5, 0.6) is 0 Å². The summed E-state index contributed by atoms with van der Waals surface area (Å²) < 4.78 is 2.24. The highest BCUT2D eigenvalue weighted by Crippen LogP contribution is 2.30. The van der Waals surface area contributed by atoms with Gasteiger partial charge in [0.25, 0.3) is 0 Å². The molecule has 0 amide bonds. The maximum Gasteiger partial charge on any atom is 0.0628 e. The lowest BCUT2D eigenvalue weighted by atomic mass is 9.78. The SMILES string of the molecule is CCNCC(Cc1ccn(C2CCCCC2)n1)C(C)(C)C. The van der Waals surface area contributed by atoms with E-state index in [2.05, 4.69) is 50.0 Å². The van der Waals surface area contributed by atoms with Crippen LogP contribution >= 0.6 is 0 Å². The summed E-state index contributed by atoms with van der Waals surface area (Å²) in [6.45, 7) is 11.3. The molecule has 21 heavy (non-hydrogen) atoms. The van der Waals surface area contributed by atoms with Gasteiger partial charge in [0.15, 0.2) is 0 Å². The summed E-state index contributed by atoms with van der Waals surface area (Å²) in [7, 11) is 0. The largest absolute Gasteiger partial charge is 0.317 e. The van der Waals surface area contributed by atoms with Crippen LogP contribution in [-0.2, 0) is 6.42 Å². The molecule has 1 fully saturated rings. The van der Waals surface area contributed by atoms with Crippen LogP contribution in [0.25, 0.3) is 0 Å². The fraction of sp³-hybridized carbons (Fsp3) is 0.833. The second kappa shape index (κ2) is 7.44. The minimum atomic E-state index is 0.316. The van der Waals surface area contributed by atoms with Gasteiger partial charge in [-0.2, -0.15) is 5.10 Å². The second-order valence-corrected chi connectivity index (χ2v) is 7.65. The lowest BCUT2D eigenvalue weighted by Crippen LogP contribution is -2.33. The van der Waals surface area contributed by atoms with Crippen molar-refractivity contribution >= 4 is 0 Å². The zero-order valence-electron chi connectivity index (χ0n) is 14.4. The number of hydrogen-bond donors (Lipinski definition) is 1. The summed E-state index contributed by atoms with van der Waals surface area (Å²) in [5, 5.41) is 8.39. The molecule has 1 saturated carbocycles. The molecule has 0 bridgehead atoms. The van der Waals surface area contributed by atoms with Crippen molar-refractivity contribution in [2.75, 3.05) is 13.1 Å². The zero-order valence-corrected chi connectivity index (χ0v) is 14.4. The first-order valence-corrected chi connectivity index (χ1v) is 8.75. The van der Waals surface area contributed by atoms with E-state index in [1.165, 1.54) is 37.8 Å². The van der Waals surface area contributed by atoms with Crippen molar-refractivity contribution in [3.8, 4) is 0 Å². The van der Waals surface area contributed by atoms with Gasteiger partial charge in [-0.05, 0) is 49.8 Å². The highest BCUT2D eigenvalue weighted by Gasteiger charge is 2.25. The van der Waals surface area contributed by atoms with Crippen molar-refractivity contribution in [1.82, 2.24) is 15.1 Å². The van der Waals surface area contributed by atoms with Gasteiger partial charge in [-0.3, -0.25) is 4.68 Å². The standard InChI is InChI=1S/C18H33N3/c1-5-19-14-15(18(2,3)4)13-16-11-12-21(20-16)17-9-7-6-8-10-17/h11-12,15,17,19H,5-10,13-14H2,1-4H3. The summed E-state index contributed by atoms with van der Waals surface area (Å²) in [4.78, 5) is 0. The van der Waals surface area contributed by atoms with Gasteiger partial charge >= 0.3 is 0 Å². The number of nitrogens with one attached hydrogen (secondary N) is 1. The highest BCUT2D eigenvalue weighted by atomic mass is 15.3. The van der Waals surface area contributed by atoms with E-state index in [0.29, 0.717) is 17.4 Å². The van der Waals surface area contributed by atoms with Crippen LogP contribution in [0.2, 0.25) is 0 Å². The monoisotopic (exact) mass is 291 g/mol. The van der Waals surface area contributed by atoms with Crippen molar-refractivity contribution in [3.05, 3.63) is 18.0 Å². The van der Waals surface area contributed by atoms with E-state index in [1.807, 2.05) is 0 Å². The molecule has 1 N–H and O–H groups in total. The van der Waals surface area contributed by atoms with Crippen LogP contribution in [0.15, 0.2) is 12.3 Å². The van der Waals surface area contributed by atoms with Gasteiger partial charge in [0.2, 0.25) is 0 Å². The topological polar surface area (TPSA) is 29.9 Å². The Labute approximate surface area is 130 Å².